The first-order valence-electron chi connectivity index (χ1n) is 10.2. The van der Waals surface area contributed by atoms with Crippen LogP contribution in [0.5, 0.6) is 5.75 Å². The third-order valence-electron chi connectivity index (χ3n) is 5.13. The average molecular weight is 396 g/mol. The lowest BCUT2D eigenvalue weighted by atomic mass is 9.99. The van der Waals surface area contributed by atoms with E-state index in [0.29, 0.717) is 32.5 Å². The van der Waals surface area contributed by atoms with Crippen molar-refractivity contribution < 1.29 is 14.3 Å². The summed E-state index contributed by atoms with van der Waals surface area (Å²) in [5.41, 5.74) is 4.11. The molecule has 3 rings (SSSR count). The smallest absolute Gasteiger partial charge is 0.317 e. The lowest BCUT2D eigenvalue weighted by Crippen LogP contribution is -2.42. The Morgan fingerprint density at radius 1 is 1.14 bits per heavy atom. The maximum atomic E-state index is 12.4. The molecule has 0 aromatic heterocycles. The number of carbonyl (C=O) groups is 2. The van der Waals surface area contributed by atoms with E-state index in [-0.39, 0.29) is 11.9 Å². The van der Waals surface area contributed by atoms with Crippen LogP contribution in [0.15, 0.2) is 42.5 Å². The van der Waals surface area contributed by atoms with Crippen molar-refractivity contribution in [1.82, 2.24) is 10.2 Å². The van der Waals surface area contributed by atoms with Gasteiger partial charge in [-0.1, -0.05) is 31.2 Å². The Kier molecular flexibility index (Phi) is 7.11. The number of anilines is 1. The van der Waals surface area contributed by atoms with E-state index in [4.69, 9.17) is 4.74 Å². The van der Waals surface area contributed by atoms with Crippen molar-refractivity contribution in [2.24, 2.45) is 0 Å². The van der Waals surface area contributed by atoms with Crippen LogP contribution in [0.2, 0.25) is 0 Å². The molecule has 2 N–H and O–H groups in total. The summed E-state index contributed by atoms with van der Waals surface area (Å²) in [5, 5.41) is 5.91. The van der Waals surface area contributed by atoms with Crippen LogP contribution in [-0.2, 0) is 24.2 Å². The Morgan fingerprint density at radius 3 is 2.76 bits per heavy atom. The number of methoxy groups -OCH3 is 1. The van der Waals surface area contributed by atoms with Crippen molar-refractivity contribution >= 4 is 17.6 Å². The predicted octanol–water partition coefficient (Wildman–Crippen LogP) is 3.74. The highest BCUT2D eigenvalue weighted by Crippen LogP contribution is 2.23. The molecule has 1 aliphatic rings. The lowest BCUT2D eigenvalue weighted by Gasteiger charge is -2.29. The second-order valence-corrected chi connectivity index (χ2v) is 7.25. The quantitative estimate of drug-likeness (QED) is 0.750. The summed E-state index contributed by atoms with van der Waals surface area (Å²) < 4.78 is 5.34. The highest BCUT2D eigenvalue weighted by Gasteiger charge is 2.20. The summed E-state index contributed by atoms with van der Waals surface area (Å²) in [6.07, 6.45) is 2.74. The molecule has 29 heavy (non-hydrogen) atoms. The number of carbonyl (C=O) groups excluding carboxylic acids is 2. The number of hydrogen-bond donors (Lipinski definition) is 2. The molecule has 0 radical (unpaired) electrons. The topological polar surface area (TPSA) is 70.7 Å². The molecule has 6 nitrogen and oxygen atoms in total. The van der Waals surface area contributed by atoms with Crippen LogP contribution in [0, 0.1) is 0 Å². The van der Waals surface area contributed by atoms with Crippen molar-refractivity contribution in [1.29, 1.82) is 0 Å². The van der Waals surface area contributed by atoms with Crippen molar-refractivity contribution in [2.45, 2.75) is 39.2 Å². The molecule has 0 unspecified atom stereocenters. The largest absolute Gasteiger partial charge is 0.496 e. The monoisotopic (exact) mass is 395 g/mol. The molecule has 1 heterocycles. The number of nitrogens with zero attached hydrogens (tertiary/aromatic N) is 1. The SMILES string of the molecule is CCCNC(=O)N1CCc2ccc(NC(=O)CCc3ccccc3OC)cc2C1. The first-order chi connectivity index (χ1) is 14.1. The Bertz CT molecular complexity index is 866. The first-order valence-corrected chi connectivity index (χ1v) is 10.2. The van der Waals surface area contributed by atoms with Crippen LogP contribution in [0.1, 0.15) is 36.5 Å². The predicted molar refractivity (Wildman–Crippen MR) is 114 cm³/mol. The number of benzene rings is 2. The first kappa shape index (κ1) is 20.7. The molecule has 2 aromatic carbocycles. The molecular formula is C23H29N3O3. The summed E-state index contributed by atoms with van der Waals surface area (Å²) in [4.78, 5) is 26.5. The summed E-state index contributed by atoms with van der Waals surface area (Å²) in [6, 6.07) is 13.7. The summed E-state index contributed by atoms with van der Waals surface area (Å²) >= 11 is 0. The van der Waals surface area contributed by atoms with Gasteiger partial charge in [0, 0.05) is 31.7 Å². The summed E-state index contributed by atoms with van der Waals surface area (Å²) in [7, 11) is 1.64. The molecular weight excluding hydrogens is 366 g/mol. The van der Waals surface area contributed by atoms with E-state index in [0.717, 1.165) is 35.4 Å². The van der Waals surface area contributed by atoms with Gasteiger partial charge in [-0.15, -0.1) is 0 Å². The van der Waals surface area contributed by atoms with Gasteiger partial charge in [-0.3, -0.25) is 4.79 Å². The van der Waals surface area contributed by atoms with Gasteiger partial charge in [0.05, 0.1) is 7.11 Å². The molecule has 1 aliphatic heterocycles. The lowest BCUT2D eigenvalue weighted by molar-refractivity contribution is -0.116. The van der Waals surface area contributed by atoms with Crippen molar-refractivity contribution in [2.75, 3.05) is 25.5 Å². The number of rotatable bonds is 7. The second kappa shape index (κ2) is 9.96. The Balaban J connectivity index is 1.58. The molecule has 3 amide bonds. The van der Waals surface area contributed by atoms with Crippen LogP contribution in [0.3, 0.4) is 0 Å². The fourth-order valence-corrected chi connectivity index (χ4v) is 3.53. The van der Waals surface area contributed by atoms with Crippen LogP contribution in [0.4, 0.5) is 10.5 Å². The normalized spacial score (nSPS) is 12.8. The standard InChI is InChI=1S/C23H29N3O3/c1-3-13-24-23(28)26-14-12-17-8-10-20(15-19(17)16-26)25-22(27)11-9-18-6-4-5-7-21(18)29-2/h4-8,10,15H,3,9,11-14,16H2,1-2H3,(H,24,28)(H,25,27). The van der Waals surface area contributed by atoms with Gasteiger partial charge >= 0.3 is 6.03 Å². The van der Waals surface area contributed by atoms with Gasteiger partial charge in [-0.05, 0) is 54.2 Å². The number of para-hydroxylation sites is 1. The number of urea groups is 1. The van der Waals surface area contributed by atoms with E-state index < -0.39 is 0 Å². The maximum absolute atomic E-state index is 12.4. The van der Waals surface area contributed by atoms with Gasteiger partial charge in [0.1, 0.15) is 5.75 Å². The molecule has 2 aromatic rings. The van der Waals surface area contributed by atoms with Crippen LogP contribution >= 0.6 is 0 Å². The zero-order chi connectivity index (χ0) is 20.6. The van der Waals surface area contributed by atoms with Gasteiger partial charge in [0.2, 0.25) is 5.91 Å². The van der Waals surface area contributed by atoms with Crippen LogP contribution in [-0.4, -0.2) is 37.0 Å². The average Bonchev–Trinajstić information content (AvgIpc) is 2.75. The molecule has 6 heteroatoms. The van der Waals surface area contributed by atoms with Gasteiger partial charge in [0.25, 0.3) is 0 Å². The molecule has 0 saturated heterocycles. The van der Waals surface area contributed by atoms with E-state index in [1.165, 1.54) is 5.56 Å². The number of aryl methyl sites for hydroxylation is 1. The van der Waals surface area contributed by atoms with Crippen molar-refractivity contribution in [3.05, 3.63) is 59.2 Å². The molecule has 0 fully saturated rings. The van der Waals surface area contributed by atoms with E-state index in [1.54, 1.807) is 7.11 Å². The minimum atomic E-state index is -0.0378. The molecule has 0 bridgehead atoms. The molecule has 0 atom stereocenters. The van der Waals surface area contributed by atoms with Crippen LogP contribution < -0.4 is 15.4 Å². The highest BCUT2D eigenvalue weighted by atomic mass is 16.5. The number of hydrogen-bond acceptors (Lipinski definition) is 3. The van der Waals surface area contributed by atoms with Crippen molar-refractivity contribution in [3.63, 3.8) is 0 Å². The van der Waals surface area contributed by atoms with E-state index >= 15 is 0 Å². The van der Waals surface area contributed by atoms with E-state index in [2.05, 4.69) is 10.6 Å². The second-order valence-electron chi connectivity index (χ2n) is 7.25. The maximum Gasteiger partial charge on any atom is 0.317 e. The minimum Gasteiger partial charge on any atom is -0.496 e. The van der Waals surface area contributed by atoms with Gasteiger partial charge in [-0.25, -0.2) is 4.79 Å². The third-order valence-corrected chi connectivity index (χ3v) is 5.13. The minimum absolute atomic E-state index is 0.0243. The van der Waals surface area contributed by atoms with Gasteiger partial charge in [0.15, 0.2) is 0 Å². The Morgan fingerprint density at radius 2 is 1.97 bits per heavy atom. The van der Waals surface area contributed by atoms with Gasteiger partial charge < -0.3 is 20.3 Å². The highest BCUT2D eigenvalue weighted by molar-refractivity contribution is 5.91. The molecule has 0 saturated carbocycles. The fraction of sp³-hybridized carbons (Fsp3) is 0.391. The Hall–Kier alpha value is -3.02. The fourth-order valence-electron chi connectivity index (χ4n) is 3.53. The van der Waals surface area contributed by atoms with Crippen molar-refractivity contribution in [3.8, 4) is 5.75 Å². The number of amides is 3. The van der Waals surface area contributed by atoms with E-state index in [1.807, 2.05) is 54.3 Å². The molecule has 0 spiro atoms. The molecule has 0 aliphatic carbocycles. The molecule has 154 valence electrons. The summed E-state index contributed by atoms with van der Waals surface area (Å²) in [5.74, 6) is 0.764. The van der Waals surface area contributed by atoms with Crippen LogP contribution in [0.25, 0.3) is 0 Å². The number of ether oxygens (including phenoxy) is 1. The Labute approximate surface area is 172 Å². The zero-order valence-electron chi connectivity index (χ0n) is 17.2. The number of nitrogens with one attached hydrogen (secondary N) is 2. The van der Waals surface area contributed by atoms with Gasteiger partial charge in [-0.2, -0.15) is 0 Å². The zero-order valence-corrected chi connectivity index (χ0v) is 17.2. The summed E-state index contributed by atoms with van der Waals surface area (Å²) in [6.45, 7) is 4.00. The third kappa shape index (κ3) is 5.50. The van der Waals surface area contributed by atoms with E-state index in [9.17, 15) is 9.59 Å². The number of fused-ring (bicyclic) bond motifs is 1.